The number of aliphatic carboxylic acids is 1. The molecular formula is C28H29N3O7S. The Morgan fingerprint density at radius 1 is 1.03 bits per heavy atom. The zero-order valence-corrected chi connectivity index (χ0v) is 22.7. The van der Waals surface area contributed by atoms with Gasteiger partial charge in [-0.2, -0.15) is 0 Å². The van der Waals surface area contributed by atoms with Gasteiger partial charge in [-0.1, -0.05) is 29.8 Å². The smallest absolute Gasteiger partial charge is 0.408 e. The number of pyridine rings is 1. The highest BCUT2D eigenvalue weighted by molar-refractivity contribution is 7.90. The van der Waals surface area contributed by atoms with Crippen LogP contribution < -0.4 is 10.1 Å². The van der Waals surface area contributed by atoms with Crippen molar-refractivity contribution in [3.63, 3.8) is 0 Å². The van der Waals surface area contributed by atoms with E-state index in [4.69, 9.17) is 9.47 Å². The summed E-state index contributed by atoms with van der Waals surface area (Å²) < 4.78 is 38.7. The zero-order chi connectivity index (χ0) is 28.4. The number of ether oxygens (including phenoxy) is 2. The van der Waals surface area contributed by atoms with Gasteiger partial charge in [0.05, 0.1) is 10.3 Å². The number of nitrogens with one attached hydrogen (secondary N) is 1. The van der Waals surface area contributed by atoms with Gasteiger partial charge in [0.25, 0.3) is 10.0 Å². The number of hydrogen-bond acceptors (Lipinski definition) is 7. The number of carboxylic acid groups (broad SMARTS) is 1. The molecule has 204 valence electrons. The Balaban J connectivity index is 1.51. The number of alkyl carbamates (subject to hydrolysis) is 1. The van der Waals surface area contributed by atoms with Crippen molar-refractivity contribution < 1.29 is 32.6 Å². The Bertz CT molecular complexity index is 1600. The SMILES string of the molecule is Cc1ccc(S(=O)(=O)n2ccc3c(Oc4ccc(C[C@@H](NC(=O)OC(C)(C)C)C(=O)O)cc4)ccnc32)cc1. The summed E-state index contributed by atoms with van der Waals surface area (Å²) in [6, 6.07) is 15.3. The molecule has 0 unspecified atom stereocenters. The highest BCUT2D eigenvalue weighted by atomic mass is 32.2. The van der Waals surface area contributed by atoms with Gasteiger partial charge in [0, 0.05) is 18.8 Å². The lowest BCUT2D eigenvalue weighted by atomic mass is 10.1. The Morgan fingerprint density at radius 2 is 1.69 bits per heavy atom. The molecule has 0 aliphatic rings. The van der Waals surface area contributed by atoms with Crippen LogP contribution in [0, 0.1) is 6.92 Å². The molecule has 0 saturated carbocycles. The molecular weight excluding hydrogens is 522 g/mol. The lowest BCUT2D eigenvalue weighted by molar-refractivity contribution is -0.139. The summed E-state index contributed by atoms with van der Waals surface area (Å²) in [5, 5.41) is 12.4. The normalized spacial score (nSPS) is 12.6. The van der Waals surface area contributed by atoms with Crippen molar-refractivity contribution in [3.8, 4) is 11.5 Å². The van der Waals surface area contributed by atoms with Gasteiger partial charge < -0.3 is 19.9 Å². The largest absolute Gasteiger partial charge is 0.480 e. The van der Waals surface area contributed by atoms with E-state index in [0.717, 1.165) is 9.54 Å². The van der Waals surface area contributed by atoms with E-state index in [1.54, 1.807) is 81.4 Å². The summed E-state index contributed by atoms with van der Waals surface area (Å²) >= 11 is 0. The zero-order valence-electron chi connectivity index (χ0n) is 21.9. The third-order valence-electron chi connectivity index (χ3n) is 5.67. The van der Waals surface area contributed by atoms with E-state index >= 15 is 0 Å². The van der Waals surface area contributed by atoms with Crippen LogP contribution in [0.15, 0.2) is 78.0 Å². The standard InChI is InChI=1S/C28H29N3O7S/c1-18-5-11-21(12-6-18)39(35,36)31-16-14-22-24(13-15-29-25(22)31)37-20-9-7-19(8-10-20)17-23(26(32)33)30-27(34)38-28(2,3)4/h5-16,23H,17H2,1-4H3,(H,30,34)(H,32,33)/t23-/m1/s1. The van der Waals surface area contributed by atoms with Crippen molar-refractivity contribution >= 4 is 33.1 Å². The summed E-state index contributed by atoms with van der Waals surface area (Å²) in [6.45, 7) is 6.95. The van der Waals surface area contributed by atoms with Gasteiger partial charge >= 0.3 is 12.1 Å². The van der Waals surface area contributed by atoms with E-state index in [1.807, 2.05) is 6.92 Å². The van der Waals surface area contributed by atoms with Gasteiger partial charge in [-0.15, -0.1) is 0 Å². The molecule has 0 bridgehead atoms. The van der Waals surface area contributed by atoms with Crippen LogP contribution in [-0.2, 0) is 26.0 Å². The Hall–Kier alpha value is -4.38. The topological polar surface area (TPSA) is 137 Å². The average Bonchev–Trinajstić information content (AvgIpc) is 3.30. The fraction of sp³-hybridized carbons (Fsp3) is 0.250. The number of carbonyl (C=O) groups is 2. The van der Waals surface area contributed by atoms with Crippen LogP contribution in [0.4, 0.5) is 4.79 Å². The molecule has 39 heavy (non-hydrogen) atoms. The quantitative estimate of drug-likeness (QED) is 0.316. The summed E-state index contributed by atoms with van der Waals surface area (Å²) in [5.74, 6) is -0.335. The van der Waals surface area contributed by atoms with E-state index in [9.17, 15) is 23.1 Å². The first kappa shape index (κ1) is 27.6. The Kier molecular flexibility index (Phi) is 7.64. The molecule has 0 fully saturated rings. The first-order chi connectivity index (χ1) is 18.3. The number of aromatic nitrogens is 2. The predicted molar refractivity (Wildman–Crippen MR) is 145 cm³/mol. The van der Waals surface area contributed by atoms with E-state index < -0.39 is 33.7 Å². The van der Waals surface area contributed by atoms with Crippen LogP contribution in [0.3, 0.4) is 0 Å². The molecule has 0 aliphatic heterocycles. The highest BCUT2D eigenvalue weighted by Gasteiger charge is 2.24. The van der Waals surface area contributed by atoms with Gasteiger partial charge in [0.1, 0.15) is 23.1 Å². The van der Waals surface area contributed by atoms with E-state index in [-0.39, 0.29) is 17.0 Å². The number of hydrogen-bond donors (Lipinski definition) is 2. The van der Waals surface area contributed by atoms with Crippen molar-refractivity contribution in [2.24, 2.45) is 0 Å². The van der Waals surface area contributed by atoms with Crippen LogP contribution >= 0.6 is 0 Å². The number of rotatable bonds is 8. The molecule has 2 aromatic carbocycles. The van der Waals surface area contributed by atoms with Crippen molar-refractivity contribution in [1.82, 2.24) is 14.3 Å². The maximum absolute atomic E-state index is 13.2. The molecule has 2 aromatic heterocycles. The van der Waals surface area contributed by atoms with E-state index in [1.165, 1.54) is 12.4 Å². The van der Waals surface area contributed by atoms with Crippen LogP contribution in [0.2, 0.25) is 0 Å². The number of carboxylic acids is 1. The lowest BCUT2D eigenvalue weighted by Gasteiger charge is -2.22. The second-order valence-corrected chi connectivity index (χ2v) is 11.8. The lowest BCUT2D eigenvalue weighted by Crippen LogP contribution is -2.44. The maximum atomic E-state index is 13.2. The molecule has 1 atom stereocenters. The summed E-state index contributed by atoms with van der Waals surface area (Å²) in [7, 11) is -3.86. The number of aryl methyl sites for hydroxylation is 1. The molecule has 0 radical (unpaired) electrons. The minimum Gasteiger partial charge on any atom is -0.480 e. The summed E-state index contributed by atoms with van der Waals surface area (Å²) in [4.78, 5) is 28.1. The summed E-state index contributed by atoms with van der Waals surface area (Å²) in [6.07, 6.45) is 2.13. The van der Waals surface area contributed by atoms with Gasteiger partial charge in [-0.05, 0) is 69.7 Å². The van der Waals surface area contributed by atoms with Crippen molar-refractivity contribution in [2.45, 2.75) is 50.7 Å². The first-order valence-electron chi connectivity index (χ1n) is 12.1. The molecule has 0 aliphatic carbocycles. The first-order valence-corrected chi connectivity index (χ1v) is 13.5. The van der Waals surface area contributed by atoms with Gasteiger partial charge in [0.15, 0.2) is 5.65 Å². The third kappa shape index (κ3) is 6.55. The van der Waals surface area contributed by atoms with E-state index in [0.29, 0.717) is 22.4 Å². The molecule has 4 rings (SSSR count). The molecule has 1 amide bonds. The fourth-order valence-corrected chi connectivity index (χ4v) is 5.10. The molecule has 0 saturated heterocycles. The van der Waals surface area contributed by atoms with Gasteiger partial charge in [-0.3, -0.25) is 0 Å². The maximum Gasteiger partial charge on any atom is 0.408 e. The monoisotopic (exact) mass is 551 g/mol. The van der Waals surface area contributed by atoms with Crippen LogP contribution in [0.5, 0.6) is 11.5 Å². The number of benzene rings is 2. The molecule has 4 aromatic rings. The highest BCUT2D eigenvalue weighted by Crippen LogP contribution is 2.31. The second kappa shape index (κ2) is 10.8. The number of nitrogens with zero attached hydrogens (tertiary/aromatic N) is 2. The molecule has 2 heterocycles. The predicted octanol–water partition coefficient (Wildman–Crippen LogP) is 4.89. The molecule has 2 N–H and O–H groups in total. The third-order valence-corrected chi connectivity index (χ3v) is 7.35. The Morgan fingerprint density at radius 3 is 2.31 bits per heavy atom. The number of amides is 1. The fourth-order valence-electron chi connectivity index (χ4n) is 3.80. The van der Waals surface area contributed by atoms with Gasteiger partial charge in [-0.25, -0.2) is 27.0 Å². The minimum absolute atomic E-state index is 0.0358. The average molecular weight is 552 g/mol. The van der Waals surface area contributed by atoms with Crippen molar-refractivity contribution in [3.05, 3.63) is 84.2 Å². The Labute approximate surface area is 226 Å². The molecule has 11 heteroatoms. The molecule has 0 spiro atoms. The number of fused-ring (bicyclic) bond motifs is 1. The number of carbonyl (C=O) groups excluding carboxylic acids is 1. The molecule has 10 nitrogen and oxygen atoms in total. The minimum atomic E-state index is -3.86. The van der Waals surface area contributed by atoms with Crippen LogP contribution in [-0.4, -0.2) is 46.2 Å². The summed E-state index contributed by atoms with van der Waals surface area (Å²) in [5.41, 5.74) is 1.07. The van der Waals surface area contributed by atoms with Crippen molar-refractivity contribution in [2.75, 3.05) is 0 Å². The van der Waals surface area contributed by atoms with Crippen LogP contribution in [0.25, 0.3) is 11.0 Å². The van der Waals surface area contributed by atoms with Gasteiger partial charge in [0.2, 0.25) is 0 Å². The van der Waals surface area contributed by atoms with E-state index in [2.05, 4.69) is 10.3 Å². The van der Waals surface area contributed by atoms with Crippen LogP contribution in [0.1, 0.15) is 31.9 Å². The second-order valence-electron chi connectivity index (χ2n) is 9.96. The van der Waals surface area contributed by atoms with Crippen molar-refractivity contribution in [1.29, 1.82) is 0 Å².